The summed E-state index contributed by atoms with van der Waals surface area (Å²) in [5, 5.41) is 0. The maximum atomic E-state index is 14.9. The van der Waals surface area contributed by atoms with E-state index in [0.29, 0.717) is 31.3 Å². The summed E-state index contributed by atoms with van der Waals surface area (Å²) in [6, 6.07) is 5.15. The van der Waals surface area contributed by atoms with Crippen LogP contribution < -0.4 is 4.74 Å². The first-order chi connectivity index (χ1) is 17.4. The van der Waals surface area contributed by atoms with Gasteiger partial charge in [-0.2, -0.15) is 4.39 Å². The Bertz CT molecular complexity index is 1050. The lowest BCUT2D eigenvalue weighted by atomic mass is 9.86. The summed E-state index contributed by atoms with van der Waals surface area (Å²) in [5.74, 6) is -4.12. The third-order valence-electron chi connectivity index (χ3n) is 7.28. The molecule has 0 bridgehead atoms. The van der Waals surface area contributed by atoms with E-state index in [9.17, 15) is 17.6 Å². The van der Waals surface area contributed by atoms with Crippen molar-refractivity contribution in [3.05, 3.63) is 65.2 Å². The number of rotatable bonds is 8. The van der Waals surface area contributed by atoms with Crippen molar-refractivity contribution in [1.29, 1.82) is 0 Å². The van der Waals surface area contributed by atoms with E-state index in [-0.39, 0.29) is 41.3 Å². The molecule has 2 aromatic rings. The van der Waals surface area contributed by atoms with E-state index in [1.807, 2.05) is 6.92 Å². The molecule has 4 rings (SSSR count). The Morgan fingerprint density at radius 3 is 2.25 bits per heavy atom. The van der Waals surface area contributed by atoms with Crippen molar-refractivity contribution in [3.8, 4) is 16.9 Å². The van der Waals surface area contributed by atoms with Crippen LogP contribution in [0.4, 0.5) is 17.6 Å². The lowest BCUT2D eigenvalue weighted by Gasteiger charge is -2.37. The minimum absolute atomic E-state index is 0.0274. The third-order valence-corrected chi connectivity index (χ3v) is 7.28. The standard InChI is InChI=1S/C29H34F4O3/c1-3-5-18-6-14-24(36-16-18)20-8-11-21(35-17-20)10-7-19-9-12-22(27(31)26(19)30)23-13-15-25(34-4-2)29(33)28(23)32/h3,5,9,12-13,15,18,20-21,24H,4,6-8,10-11,14,16-17H2,1-2H3/b5-3+. The van der Waals surface area contributed by atoms with Gasteiger partial charge in [-0.15, -0.1) is 0 Å². The number of benzene rings is 2. The van der Waals surface area contributed by atoms with Gasteiger partial charge in [0.2, 0.25) is 5.82 Å². The molecule has 3 nitrogen and oxygen atoms in total. The second-order valence-electron chi connectivity index (χ2n) is 9.64. The van der Waals surface area contributed by atoms with E-state index in [0.717, 1.165) is 32.3 Å². The van der Waals surface area contributed by atoms with Crippen molar-refractivity contribution in [3.63, 3.8) is 0 Å². The fourth-order valence-electron chi connectivity index (χ4n) is 5.25. The highest BCUT2D eigenvalue weighted by Crippen LogP contribution is 2.35. The molecule has 2 saturated heterocycles. The third kappa shape index (κ3) is 5.94. The molecule has 2 fully saturated rings. The normalized spacial score (nSPS) is 24.8. The Morgan fingerprint density at radius 2 is 1.61 bits per heavy atom. The molecule has 2 aliphatic rings. The maximum absolute atomic E-state index is 14.9. The summed E-state index contributed by atoms with van der Waals surface area (Å²) in [7, 11) is 0. The van der Waals surface area contributed by atoms with Crippen molar-refractivity contribution in [2.24, 2.45) is 11.8 Å². The molecule has 0 saturated carbocycles. The van der Waals surface area contributed by atoms with Gasteiger partial charge >= 0.3 is 0 Å². The quantitative estimate of drug-likeness (QED) is 0.276. The van der Waals surface area contributed by atoms with Gasteiger partial charge in [0.05, 0.1) is 32.0 Å². The Kier molecular flexibility index (Phi) is 9.07. The van der Waals surface area contributed by atoms with Gasteiger partial charge in [-0.05, 0) is 70.1 Å². The highest BCUT2D eigenvalue weighted by Gasteiger charge is 2.32. The van der Waals surface area contributed by atoms with Gasteiger partial charge < -0.3 is 14.2 Å². The monoisotopic (exact) mass is 506 g/mol. The lowest BCUT2D eigenvalue weighted by molar-refractivity contribution is -0.0991. The number of aryl methyl sites for hydroxylation is 1. The molecule has 0 spiro atoms. The molecule has 0 N–H and O–H groups in total. The largest absolute Gasteiger partial charge is 0.491 e. The number of halogens is 4. The van der Waals surface area contributed by atoms with Crippen LogP contribution in [-0.2, 0) is 15.9 Å². The van der Waals surface area contributed by atoms with E-state index in [4.69, 9.17) is 14.2 Å². The molecule has 0 aliphatic carbocycles. The van der Waals surface area contributed by atoms with Crippen molar-refractivity contribution >= 4 is 0 Å². The Balaban J connectivity index is 1.33. The molecule has 2 aliphatic heterocycles. The Labute approximate surface area is 210 Å². The second-order valence-corrected chi connectivity index (χ2v) is 9.64. The van der Waals surface area contributed by atoms with Crippen molar-refractivity contribution < 1.29 is 31.8 Å². The van der Waals surface area contributed by atoms with Gasteiger partial charge in [0.15, 0.2) is 23.2 Å². The molecular weight excluding hydrogens is 472 g/mol. The Hall–Kier alpha value is -2.38. The highest BCUT2D eigenvalue weighted by atomic mass is 19.2. The fraction of sp³-hybridized carbons (Fsp3) is 0.517. The zero-order valence-electron chi connectivity index (χ0n) is 20.9. The molecule has 196 valence electrons. The zero-order valence-corrected chi connectivity index (χ0v) is 20.9. The predicted octanol–water partition coefficient (Wildman–Crippen LogP) is 7.41. The van der Waals surface area contributed by atoms with Crippen molar-refractivity contribution in [2.75, 3.05) is 19.8 Å². The summed E-state index contributed by atoms with van der Waals surface area (Å²) in [5.41, 5.74) is -0.474. The molecule has 36 heavy (non-hydrogen) atoms. The average Bonchev–Trinajstić information content (AvgIpc) is 2.89. The van der Waals surface area contributed by atoms with E-state index in [2.05, 4.69) is 12.2 Å². The summed E-state index contributed by atoms with van der Waals surface area (Å²) >= 11 is 0. The van der Waals surface area contributed by atoms with Crippen LogP contribution >= 0.6 is 0 Å². The summed E-state index contributed by atoms with van der Waals surface area (Å²) in [4.78, 5) is 0. The van der Waals surface area contributed by atoms with Crippen LogP contribution in [0.15, 0.2) is 36.4 Å². The highest BCUT2D eigenvalue weighted by molar-refractivity contribution is 5.66. The molecule has 7 heteroatoms. The van der Waals surface area contributed by atoms with Gasteiger partial charge in [-0.3, -0.25) is 0 Å². The predicted molar refractivity (Wildman–Crippen MR) is 131 cm³/mol. The maximum Gasteiger partial charge on any atom is 0.201 e. The zero-order chi connectivity index (χ0) is 25.7. The van der Waals surface area contributed by atoms with Crippen LogP contribution in [0, 0.1) is 35.1 Å². The summed E-state index contributed by atoms with van der Waals surface area (Å²) in [6.45, 7) is 5.19. The summed E-state index contributed by atoms with van der Waals surface area (Å²) in [6.07, 6.45) is 9.32. The van der Waals surface area contributed by atoms with Crippen LogP contribution in [-0.4, -0.2) is 32.0 Å². The topological polar surface area (TPSA) is 27.7 Å². The first kappa shape index (κ1) is 26.7. The lowest BCUT2D eigenvalue weighted by Crippen LogP contribution is -2.38. The Morgan fingerprint density at radius 1 is 0.861 bits per heavy atom. The molecule has 2 aromatic carbocycles. The first-order valence-electron chi connectivity index (χ1n) is 12.9. The van der Waals surface area contributed by atoms with Crippen LogP contribution in [0.3, 0.4) is 0 Å². The molecule has 2 heterocycles. The van der Waals surface area contributed by atoms with Gasteiger partial charge in [0, 0.05) is 23.0 Å². The number of hydrogen-bond donors (Lipinski definition) is 0. The molecular formula is C29H34F4O3. The second kappa shape index (κ2) is 12.2. The number of hydrogen-bond acceptors (Lipinski definition) is 3. The first-order valence-corrected chi connectivity index (χ1v) is 12.9. The molecule has 4 atom stereocenters. The fourth-order valence-corrected chi connectivity index (χ4v) is 5.25. The minimum Gasteiger partial charge on any atom is -0.491 e. The van der Waals surface area contributed by atoms with Gasteiger partial charge in [-0.1, -0.05) is 24.3 Å². The molecule has 0 amide bonds. The van der Waals surface area contributed by atoms with Crippen molar-refractivity contribution in [1.82, 2.24) is 0 Å². The van der Waals surface area contributed by atoms with Crippen molar-refractivity contribution in [2.45, 2.75) is 64.6 Å². The smallest absolute Gasteiger partial charge is 0.201 e. The van der Waals surface area contributed by atoms with E-state index >= 15 is 0 Å². The van der Waals surface area contributed by atoms with Gasteiger partial charge in [0.25, 0.3) is 0 Å². The van der Waals surface area contributed by atoms with Crippen LogP contribution in [0.1, 0.15) is 51.5 Å². The van der Waals surface area contributed by atoms with Gasteiger partial charge in [0.1, 0.15) is 0 Å². The number of ether oxygens (including phenoxy) is 3. The van der Waals surface area contributed by atoms with Crippen LogP contribution in [0.5, 0.6) is 5.75 Å². The molecule has 0 aromatic heterocycles. The van der Waals surface area contributed by atoms with E-state index in [1.165, 1.54) is 24.3 Å². The van der Waals surface area contributed by atoms with Crippen LogP contribution in [0.2, 0.25) is 0 Å². The summed E-state index contributed by atoms with van der Waals surface area (Å²) < 4.78 is 75.6. The van der Waals surface area contributed by atoms with E-state index < -0.39 is 23.3 Å². The van der Waals surface area contributed by atoms with E-state index in [1.54, 1.807) is 6.92 Å². The van der Waals surface area contributed by atoms with Crippen LogP contribution in [0.25, 0.3) is 11.1 Å². The SMILES string of the molecule is C/C=C/C1CCC(C2CCC(CCc3ccc(-c4ccc(OCC)c(F)c4F)c(F)c3F)OC2)OC1. The molecule has 4 unspecified atom stereocenters. The number of allylic oxidation sites excluding steroid dienone is 1. The minimum atomic E-state index is -1.27. The molecule has 0 radical (unpaired) electrons. The van der Waals surface area contributed by atoms with Gasteiger partial charge in [-0.25, -0.2) is 13.2 Å². The average molecular weight is 507 g/mol.